The maximum atomic E-state index is 6.90. The van der Waals surface area contributed by atoms with E-state index in [9.17, 15) is 0 Å². The van der Waals surface area contributed by atoms with Gasteiger partial charge in [0, 0.05) is 143 Å². The molecular weight excluding hydrogens is 1040 g/mol. The number of amidine groups is 5. The average Bonchev–Trinajstić information content (AvgIpc) is 3.51. The van der Waals surface area contributed by atoms with Gasteiger partial charge in [0.2, 0.25) is 0 Å². The molecule has 27 heteroatoms. The number of benzene rings is 1. The van der Waals surface area contributed by atoms with Crippen molar-refractivity contribution in [2.75, 3.05) is 149 Å². The Hall–Kier alpha value is -7.97. The first-order valence-electron chi connectivity index (χ1n) is 27.2. The molecule has 1 aromatic carbocycles. The highest BCUT2D eigenvalue weighted by molar-refractivity contribution is 5.92. The van der Waals surface area contributed by atoms with E-state index in [4.69, 9.17) is 50.6 Å². The van der Waals surface area contributed by atoms with Gasteiger partial charge in [0.1, 0.15) is 11.7 Å². The summed E-state index contributed by atoms with van der Waals surface area (Å²) in [6.45, 7) is 15.3. The van der Waals surface area contributed by atoms with Crippen molar-refractivity contribution >= 4 is 70.5 Å². The van der Waals surface area contributed by atoms with Crippen molar-refractivity contribution in [3.63, 3.8) is 0 Å². The van der Waals surface area contributed by atoms with Gasteiger partial charge in [-0.1, -0.05) is 24.3 Å². The van der Waals surface area contributed by atoms with E-state index >= 15 is 0 Å². The maximum absolute atomic E-state index is 6.90. The second-order valence-electron chi connectivity index (χ2n) is 18.1. The van der Waals surface area contributed by atoms with Crippen LogP contribution in [0.15, 0.2) is 89.7 Å². The van der Waals surface area contributed by atoms with Crippen molar-refractivity contribution in [3.05, 3.63) is 54.7 Å². The summed E-state index contributed by atoms with van der Waals surface area (Å²) in [5.74, 6) is 6.77. The summed E-state index contributed by atoms with van der Waals surface area (Å²) in [5, 5.41) is 30.6. The highest BCUT2D eigenvalue weighted by Gasteiger charge is 2.12. The summed E-state index contributed by atoms with van der Waals surface area (Å²) in [4.78, 5) is 45.2. The molecule has 3 fully saturated rings. The molecule has 1 aromatic heterocycles. The number of likely N-dealkylation sites (tertiary alicyclic amines) is 3. The number of aromatic nitrogens is 1. The monoisotopic (exact) mass is 1150 g/mol. The third-order valence-electron chi connectivity index (χ3n) is 11.3. The van der Waals surface area contributed by atoms with E-state index in [-0.39, 0.29) is 0 Å². The molecule has 18 N–H and O–H groups in total. The molecule has 0 saturated carbocycles. The van der Waals surface area contributed by atoms with E-state index in [1.807, 2.05) is 90.7 Å². The zero-order valence-electron chi connectivity index (χ0n) is 53.9. The number of guanidine groups is 5. The van der Waals surface area contributed by atoms with Gasteiger partial charge in [-0.2, -0.15) is 0 Å². The first-order chi connectivity index (χ1) is 38.7. The standard InChI is InChI=1S/C8H11N3.C7H10N4.3C7H15N3.C4H10N2O.3C4H10N2.C3H8N2/c1-10-8(9)11-7-5-3-2-4-6-7;1-9-7(8)11-6-4-2-3-5-10-6;3*1-9-7(8)10-5-3-2-4-6-10;1-4(5)6(2)7-3;2*1-4(5)6(2)3;1-4(5-2)6-3;1-3(4)5-2/h2-6H,1H3,(H3,9,10,11);2-5H,1H3,(H3,8,9,10,11);3*2-6H2,1H3,(H2,8,9);5H,1-3H3;2*5H,1-3H3;1-3H3,(H,5,6);1-2H3,(H2,4,5). The molecular formula is C55H114N26O. The van der Waals surface area contributed by atoms with Crippen LogP contribution in [0.3, 0.4) is 0 Å². The van der Waals surface area contributed by atoms with Crippen LogP contribution in [0.2, 0.25) is 0 Å². The van der Waals surface area contributed by atoms with Gasteiger partial charge in [-0.05, 0) is 117 Å². The second kappa shape index (κ2) is 56.3. The third kappa shape index (κ3) is 54.0. The minimum atomic E-state index is 0.365. The van der Waals surface area contributed by atoms with Gasteiger partial charge in [0.25, 0.3) is 0 Å². The highest BCUT2D eigenvalue weighted by Crippen LogP contribution is 2.09. The van der Waals surface area contributed by atoms with E-state index in [0.29, 0.717) is 59.0 Å². The number of aliphatic imine (C=N–C) groups is 7. The number of para-hydroxylation sites is 1. The van der Waals surface area contributed by atoms with Crippen molar-refractivity contribution in [2.24, 2.45) is 69.3 Å². The number of hydroxylamine groups is 2. The Kier molecular flexibility index (Phi) is 56.9. The number of pyridine rings is 1. The van der Waals surface area contributed by atoms with Gasteiger partial charge >= 0.3 is 0 Å². The molecule has 0 amide bonds. The van der Waals surface area contributed by atoms with Crippen LogP contribution in [0.5, 0.6) is 0 Å². The topological polar surface area (TPSA) is 392 Å². The Bertz CT molecular complexity index is 1940. The summed E-state index contributed by atoms with van der Waals surface area (Å²) in [5.41, 5.74) is 33.7. The molecule has 82 heavy (non-hydrogen) atoms. The largest absolute Gasteiger partial charge is 0.388 e. The molecule has 0 unspecified atom stereocenters. The zero-order valence-corrected chi connectivity index (χ0v) is 53.9. The third-order valence-corrected chi connectivity index (χ3v) is 11.3. The molecule has 0 aliphatic carbocycles. The number of hydrogen-bond donors (Lipinski definition) is 12. The summed E-state index contributed by atoms with van der Waals surface area (Å²) in [7, 11) is 24.4. The Morgan fingerprint density at radius 1 is 0.488 bits per heavy atom. The molecule has 470 valence electrons. The molecule has 3 aliphatic heterocycles. The van der Waals surface area contributed by atoms with E-state index in [0.717, 1.165) is 50.8 Å². The molecule has 0 bridgehead atoms. The zero-order chi connectivity index (χ0) is 63.8. The van der Waals surface area contributed by atoms with Crippen LogP contribution in [0.4, 0.5) is 11.5 Å². The molecule has 4 heterocycles. The smallest absolute Gasteiger partial charge is 0.194 e. The van der Waals surface area contributed by atoms with Crippen LogP contribution < -0.4 is 50.4 Å². The van der Waals surface area contributed by atoms with Crippen molar-refractivity contribution in [1.82, 2.24) is 39.9 Å². The van der Waals surface area contributed by atoms with Crippen LogP contribution in [0, 0.1) is 16.2 Å². The lowest BCUT2D eigenvalue weighted by Crippen LogP contribution is -2.40. The number of rotatable bonds is 3. The average molecular weight is 1160 g/mol. The van der Waals surface area contributed by atoms with Crippen LogP contribution in [-0.4, -0.2) is 232 Å². The quantitative estimate of drug-likeness (QED) is 0.114. The predicted molar refractivity (Wildman–Crippen MR) is 356 cm³/mol. The number of nitrogens with one attached hydrogen (secondary N) is 6. The molecule has 5 rings (SSSR count). The van der Waals surface area contributed by atoms with E-state index < -0.39 is 0 Å². The van der Waals surface area contributed by atoms with Gasteiger partial charge in [0.15, 0.2) is 29.8 Å². The van der Waals surface area contributed by atoms with Crippen LogP contribution in [0.1, 0.15) is 92.4 Å². The Morgan fingerprint density at radius 2 is 0.817 bits per heavy atom. The van der Waals surface area contributed by atoms with Crippen molar-refractivity contribution in [1.29, 1.82) is 16.2 Å². The number of nitrogens with zero attached hydrogens (tertiary/aromatic N) is 14. The minimum absolute atomic E-state index is 0.365. The Balaban J connectivity index is -0.000000271. The number of hydrogen-bond acceptors (Lipinski definition) is 12. The lowest BCUT2D eigenvalue weighted by molar-refractivity contribution is -0.0430. The fourth-order valence-electron chi connectivity index (χ4n) is 5.39. The molecule has 0 radical (unpaired) electrons. The Labute approximate surface area is 494 Å². The molecule has 3 aliphatic rings. The first kappa shape index (κ1) is 82.9. The first-order valence-corrected chi connectivity index (χ1v) is 27.2. The molecule has 2 aromatic rings. The van der Waals surface area contributed by atoms with E-state index in [2.05, 4.69) is 75.4 Å². The summed E-state index contributed by atoms with van der Waals surface area (Å²) in [6, 6.07) is 15.2. The SMILES string of the molecule is CC(=N)N(C)C.CC(=N)N(C)C.CN=C(C)N.CN=C(C)NC.CN=C(N)N1CCCCC1.CN=C(N)N1CCCCC1.CN=C(N)N1CCCCC1.CN=C(N)Nc1ccccc1.CN=C(N)Nc1ccccn1.CON(C)C(C)=N. The second-order valence-corrected chi connectivity index (χ2v) is 18.1. The van der Waals surface area contributed by atoms with E-state index in [1.165, 1.54) is 70.0 Å². The van der Waals surface area contributed by atoms with Crippen LogP contribution in [0.25, 0.3) is 0 Å². The summed E-state index contributed by atoms with van der Waals surface area (Å²) >= 11 is 0. The van der Waals surface area contributed by atoms with Crippen molar-refractivity contribution in [3.8, 4) is 0 Å². The lowest BCUT2D eigenvalue weighted by Gasteiger charge is -2.27. The van der Waals surface area contributed by atoms with Gasteiger partial charge in [-0.3, -0.25) is 56.0 Å². The molecule has 27 nitrogen and oxygen atoms in total. The van der Waals surface area contributed by atoms with Gasteiger partial charge < -0.3 is 74.9 Å². The lowest BCUT2D eigenvalue weighted by atomic mass is 10.1. The number of piperidine rings is 3. The van der Waals surface area contributed by atoms with E-state index in [1.54, 1.807) is 100 Å². The fourth-order valence-corrected chi connectivity index (χ4v) is 5.39. The van der Waals surface area contributed by atoms with Crippen LogP contribution >= 0.6 is 0 Å². The number of anilines is 2. The highest BCUT2D eigenvalue weighted by atomic mass is 16.7. The predicted octanol–water partition coefficient (Wildman–Crippen LogP) is 4.55. The number of nitrogens with two attached hydrogens (primary N) is 6. The van der Waals surface area contributed by atoms with Gasteiger partial charge in [-0.25, -0.2) is 10.0 Å². The molecule has 3 saturated heterocycles. The molecule has 0 spiro atoms. The Morgan fingerprint density at radius 3 is 1.02 bits per heavy atom. The fraction of sp³-hybridized carbons (Fsp3) is 0.618. The maximum Gasteiger partial charge on any atom is 0.194 e. The normalized spacial score (nSPS) is 14.2. The van der Waals surface area contributed by atoms with Gasteiger partial charge in [-0.15, -0.1) is 0 Å². The summed E-state index contributed by atoms with van der Waals surface area (Å²) < 4.78 is 0. The van der Waals surface area contributed by atoms with Crippen LogP contribution in [-0.2, 0) is 4.84 Å². The summed E-state index contributed by atoms with van der Waals surface area (Å²) in [6.07, 6.45) is 13.3. The van der Waals surface area contributed by atoms with Crippen molar-refractivity contribution < 1.29 is 4.84 Å². The van der Waals surface area contributed by atoms with Crippen molar-refractivity contribution in [2.45, 2.75) is 92.4 Å². The van der Waals surface area contributed by atoms with Gasteiger partial charge in [0.05, 0.1) is 30.5 Å². The minimum Gasteiger partial charge on any atom is -0.388 e. The molecule has 0 atom stereocenters.